The number of benzene rings is 2. The highest BCUT2D eigenvalue weighted by molar-refractivity contribution is 7.99. The fourth-order valence-electron chi connectivity index (χ4n) is 3.43. The normalized spacial score (nSPS) is 11.4. The van der Waals surface area contributed by atoms with Crippen LogP contribution in [0.15, 0.2) is 9.79 Å². The third-order valence-corrected chi connectivity index (χ3v) is 6.69. The van der Waals surface area contributed by atoms with Crippen molar-refractivity contribution in [2.24, 2.45) is 0 Å². The second-order valence-electron chi connectivity index (χ2n) is 5.57. The van der Waals surface area contributed by atoms with Crippen molar-refractivity contribution >= 4 is 34.3 Å². The van der Waals surface area contributed by atoms with Crippen LogP contribution in [0, 0.1) is 41.5 Å². The van der Waals surface area contributed by atoms with Gasteiger partial charge < -0.3 is 0 Å². The fourth-order valence-corrected chi connectivity index (χ4v) is 5.17. The Kier molecular flexibility index (Phi) is 4.46. The summed E-state index contributed by atoms with van der Waals surface area (Å²) in [6, 6.07) is 0. The molecular weight excluding hydrogens is 280 g/mol. The van der Waals surface area contributed by atoms with Gasteiger partial charge in [-0.3, -0.25) is 0 Å². The van der Waals surface area contributed by atoms with Gasteiger partial charge in [-0.15, -0.1) is 23.5 Å². The van der Waals surface area contributed by atoms with E-state index < -0.39 is 0 Å². The third-order valence-electron chi connectivity index (χ3n) is 4.65. The van der Waals surface area contributed by atoms with Gasteiger partial charge in [-0.25, -0.2) is 0 Å². The molecule has 0 radical (unpaired) electrons. The summed E-state index contributed by atoms with van der Waals surface area (Å²) in [4.78, 5) is 2.90. The Bertz CT molecular complexity index is 640. The van der Waals surface area contributed by atoms with E-state index in [1.165, 1.54) is 53.9 Å². The molecule has 0 nitrogen and oxygen atoms in total. The van der Waals surface area contributed by atoms with E-state index in [1.54, 1.807) is 0 Å². The largest absolute Gasteiger partial charge is 0.129 e. The monoisotopic (exact) mass is 304 g/mol. The van der Waals surface area contributed by atoms with Gasteiger partial charge in [-0.2, -0.15) is 0 Å². The first-order valence-corrected chi connectivity index (χ1v) is 9.42. The minimum Gasteiger partial charge on any atom is -0.129 e. The molecule has 0 atom stereocenters. The van der Waals surface area contributed by atoms with Crippen LogP contribution in [0.2, 0.25) is 0 Å². The molecule has 0 aliphatic heterocycles. The van der Waals surface area contributed by atoms with Crippen LogP contribution >= 0.6 is 23.5 Å². The summed E-state index contributed by atoms with van der Waals surface area (Å²) in [5.74, 6) is 0. The molecule has 0 spiro atoms. The molecule has 0 heterocycles. The molecule has 2 rings (SSSR count). The van der Waals surface area contributed by atoms with Crippen molar-refractivity contribution in [1.82, 2.24) is 0 Å². The van der Waals surface area contributed by atoms with Crippen molar-refractivity contribution in [2.45, 2.75) is 51.3 Å². The minimum atomic E-state index is 1.45. The van der Waals surface area contributed by atoms with Crippen molar-refractivity contribution in [2.75, 3.05) is 12.5 Å². The topological polar surface area (TPSA) is 0 Å². The first kappa shape index (κ1) is 15.8. The SMILES string of the molecule is CSc1c(C)c(C)c2c(C)c(C)c(SC)c(C)c2c1C. The lowest BCUT2D eigenvalue weighted by Crippen LogP contribution is -2.00. The molecule has 108 valence electrons. The maximum absolute atomic E-state index is 2.28. The average molecular weight is 305 g/mol. The van der Waals surface area contributed by atoms with E-state index in [-0.39, 0.29) is 0 Å². The molecular formula is C18H24S2. The highest BCUT2D eigenvalue weighted by Crippen LogP contribution is 2.42. The van der Waals surface area contributed by atoms with Gasteiger partial charge >= 0.3 is 0 Å². The van der Waals surface area contributed by atoms with Gasteiger partial charge in [0, 0.05) is 9.79 Å². The van der Waals surface area contributed by atoms with Crippen LogP contribution in [0.1, 0.15) is 33.4 Å². The molecule has 2 aromatic rings. The summed E-state index contributed by atoms with van der Waals surface area (Å²) >= 11 is 3.75. The molecule has 0 saturated heterocycles. The lowest BCUT2D eigenvalue weighted by Gasteiger charge is -2.22. The molecule has 0 unspecified atom stereocenters. The van der Waals surface area contributed by atoms with Crippen molar-refractivity contribution in [3.63, 3.8) is 0 Å². The standard InChI is InChI=1S/C18H24S2/c1-9-11(3)17(19-7)13(5)16-14(6)18(20-8)12(4)10(2)15(9)16/h1-8H3. The van der Waals surface area contributed by atoms with Gasteiger partial charge in [-0.1, -0.05) is 0 Å². The van der Waals surface area contributed by atoms with E-state index in [0.717, 1.165) is 0 Å². The van der Waals surface area contributed by atoms with Crippen molar-refractivity contribution in [3.8, 4) is 0 Å². The van der Waals surface area contributed by atoms with E-state index >= 15 is 0 Å². The Morgan fingerprint density at radius 1 is 0.450 bits per heavy atom. The molecule has 2 heteroatoms. The summed E-state index contributed by atoms with van der Waals surface area (Å²) < 4.78 is 0. The Balaban J connectivity index is 3.15. The van der Waals surface area contributed by atoms with Gasteiger partial charge in [0.2, 0.25) is 0 Å². The Hall–Kier alpha value is -0.600. The van der Waals surface area contributed by atoms with Crippen LogP contribution in [0.5, 0.6) is 0 Å². The lowest BCUT2D eigenvalue weighted by atomic mass is 9.88. The number of hydrogen-bond donors (Lipinski definition) is 0. The fraction of sp³-hybridized carbons (Fsp3) is 0.444. The molecule has 0 amide bonds. The second-order valence-corrected chi connectivity index (χ2v) is 7.20. The Morgan fingerprint density at radius 3 is 1.05 bits per heavy atom. The number of rotatable bonds is 2. The lowest BCUT2D eigenvalue weighted by molar-refractivity contribution is 1.15. The summed E-state index contributed by atoms with van der Waals surface area (Å²) in [6.07, 6.45) is 4.37. The Labute approximate surface area is 131 Å². The zero-order valence-corrected chi connectivity index (χ0v) is 15.4. The zero-order chi connectivity index (χ0) is 15.2. The maximum atomic E-state index is 2.28. The van der Waals surface area contributed by atoms with Crippen LogP contribution in [0.25, 0.3) is 10.8 Å². The molecule has 0 aromatic heterocycles. The third kappa shape index (κ3) is 2.08. The van der Waals surface area contributed by atoms with E-state index in [9.17, 15) is 0 Å². The molecule has 0 N–H and O–H groups in total. The minimum absolute atomic E-state index is 1.45. The van der Waals surface area contributed by atoms with Gasteiger partial charge in [0.1, 0.15) is 0 Å². The highest BCUT2D eigenvalue weighted by Gasteiger charge is 2.18. The molecule has 0 aliphatic rings. The zero-order valence-electron chi connectivity index (χ0n) is 13.8. The van der Waals surface area contributed by atoms with Crippen LogP contribution in [0.3, 0.4) is 0 Å². The van der Waals surface area contributed by atoms with Crippen molar-refractivity contribution in [3.05, 3.63) is 33.4 Å². The van der Waals surface area contributed by atoms with Crippen LogP contribution < -0.4 is 0 Å². The average Bonchev–Trinajstić information content (AvgIpc) is 2.41. The first-order chi connectivity index (χ1) is 9.36. The van der Waals surface area contributed by atoms with E-state index in [2.05, 4.69) is 54.1 Å². The smallest absolute Gasteiger partial charge is 0.0137 e. The quantitative estimate of drug-likeness (QED) is 0.612. The van der Waals surface area contributed by atoms with Crippen LogP contribution in [-0.2, 0) is 0 Å². The van der Waals surface area contributed by atoms with Crippen molar-refractivity contribution in [1.29, 1.82) is 0 Å². The van der Waals surface area contributed by atoms with Gasteiger partial charge in [0.15, 0.2) is 0 Å². The number of thioether (sulfide) groups is 2. The number of hydrogen-bond acceptors (Lipinski definition) is 2. The van der Waals surface area contributed by atoms with Gasteiger partial charge in [-0.05, 0) is 98.2 Å². The maximum Gasteiger partial charge on any atom is 0.0137 e. The summed E-state index contributed by atoms with van der Waals surface area (Å²) in [5.41, 5.74) is 8.69. The summed E-state index contributed by atoms with van der Waals surface area (Å²) in [7, 11) is 0. The highest BCUT2D eigenvalue weighted by atomic mass is 32.2. The Morgan fingerprint density at radius 2 is 0.750 bits per heavy atom. The summed E-state index contributed by atoms with van der Waals surface area (Å²) in [6.45, 7) is 13.7. The van der Waals surface area contributed by atoms with E-state index in [1.807, 2.05) is 23.5 Å². The predicted octanol–water partition coefficient (Wildman–Crippen LogP) is 6.13. The molecule has 0 saturated carbocycles. The molecule has 0 bridgehead atoms. The van der Waals surface area contributed by atoms with Gasteiger partial charge in [0.25, 0.3) is 0 Å². The number of fused-ring (bicyclic) bond motifs is 1. The molecule has 20 heavy (non-hydrogen) atoms. The van der Waals surface area contributed by atoms with E-state index in [0.29, 0.717) is 0 Å². The van der Waals surface area contributed by atoms with E-state index in [4.69, 9.17) is 0 Å². The molecule has 0 aliphatic carbocycles. The van der Waals surface area contributed by atoms with Crippen LogP contribution in [-0.4, -0.2) is 12.5 Å². The molecule has 2 aromatic carbocycles. The first-order valence-electron chi connectivity index (χ1n) is 6.97. The number of aryl methyl sites for hydroxylation is 4. The van der Waals surface area contributed by atoms with Gasteiger partial charge in [0.05, 0.1) is 0 Å². The summed E-state index contributed by atoms with van der Waals surface area (Å²) in [5, 5.41) is 2.95. The molecule has 0 fully saturated rings. The van der Waals surface area contributed by atoms with Crippen LogP contribution in [0.4, 0.5) is 0 Å². The second kappa shape index (κ2) is 5.65. The predicted molar refractivity (Wildman–Crippen MR) is 95.9 cm³/mol. The van der Waals surface area contributed by atoms with Crippen molar-refractivity contribution < 1.29 is 0 Å².